The Hall–Kier alpha value is -4.15. The number of fused-ring (bicyclic) bond motifs is 1. The van der Waals surface area contributed by atoms with Crippen molar-refractivity contribution in [1.82, 2.24) is 14.5 Å². The molecule has 6 rings (SSSR count). The van der Waals surface area contributed by atoms with Gasteiger partial charge in [-0.2, -0.15) is 0 Å². The summed E-state index contributed by atoms with van der Waals surface area (Å²) < 4.78 is 8.00. The Labute approximate surface area is 202 Å². The Balaban J connectivity index is 1.82. The quantitative estimate of drug-likeness (QED) is 0.201. The highest BCUT2D eigenvalue weighted by Gasteiger charge is 2.40. The molecule has 3 aromatic carbocycles. The summed E-state index contributed by atoms with van der Waals surface area (Å²) in [6.45, 7) is 0. The Morgan fingerprint density at radius 2 is 1.24 bits per heavy atom. The first-order valence-electron chi connectivity index (χ1n) is 11.0. The third-order valence-corrected chi connectivity index (χ3v) is 6.55. The summed E-state index contributed by atoms with van der Waals surface area (Å²) in [7, 11) is 0. The van der Waals surface area contributed by atoms with Crippen LogP contribution in [0.4, 0.5) is 0 Å². The molecular weight excluding hydrogens is 442 g/mol. The predicted octanol–water partition coefficient (Wildman–Crippen LogP) is 7.18. The molecule has 3 heterocycles. The lowest BCUT2D eigenvalue weighted by Gasteiger charge is -2.38. The standard InChI is InChI=1S/C29H20ClN3O/c30-27-26-24(25-17-10-18-34-25)19-33(28(26)32-20-31-27)29(21-11-4-1-5-12-21,22-13-6-2-7-14-22)23-15-8-3-9-16-23/h1-20H. The van der Waals surface area contributed by atoms with Crippen LogP contribution in [0.5, 0.6) is 0 Å². The van der Waals surface area contributed by atoms with Crippen molar-refractivity contribution in [3.05, 3.63) is 144 Å². The molecular formula is C29H20ClN3O. The van der Waals surface area contributed by atoms with Crippen molar-refractivity contribution >= 4 is 22.6 Å². The van der Waals surface area contributed by atoms with E-state index in [4.69, 9.17) is 21.0 Å². The molecule has 0 saturated carbocycles. The smallest absolute Gasteiger partial charge is 0.146 e. The highest BCUT2D eigenvalue weighted by atomic mass is 35.5. The lowest BCUT2D eigenvalue weighted by molar-refractivity contribution is 0.529. The average molecular weight is 462 g/mol. The van der Waals surface area contributed by atoms with Crippen LogP contribution in [-0.2, 0) is 5.54 Å². The second-order valence-electron chi connectivity index (χ2n) is 8.06. The molecule has 4 nitrogen and oxygen atoms in total. The van der Waals surface area contributed by atoms with Crippen LogP contribution in [-0.4, -0.2) is 14.5 Å². The molecule has 0 atom stereocenters. The summed E-state index contributed by atoms with van der Waals surface area (Å²) in [5, 5.41) is 1.14. The Kier molecular flexibility index (Phi) is 5.01. The molecule has 5 heteroatoms. The molecule has 0 N–H and O–H groups in total. The van der Waals surface area contributed by atoms with Gasteiger partial charge in [0.05, 0.1) is 11.6 Å². The van der Waals surface area contributed by atoms with Gasteiger partial charge in [0.2, 0.25) is 0 Å². The number of hydrogen-bond donors (Lipinski definition) is 0. The SMILES string of the molecule is Clc1ncnc2c1c(-c1ccco1)cn2C(c1ccccc1)(c1ccccc1)c1ccccc1. The molecule has 0 aliphatic carbocycles. The maximum Gasteiger partial charge on any atom is 0.146 e. The predicted molar refractivity (Wildman–Crippen MR) is 135 cm³/mol. The van der Waals surface area contributed by atoms with Gasteiger partial charge in [0.1, 0.15) is 28.4 Å². The monoisotopic (exact) mass is 461 g/mol. The first kappa shape index (κ1) is 20.5. The number of aromatic nitrogens is 3. The molecule has 0 amide bonds. The van der Waals surface area contributed by atoms with Crippen molar-refractivity contribution in [3.8, 4) is 11.3 Å². The molecule has 0 radical (unpaired) electrons. The third kappa shape index (κ3) is 3.07. The van der Waals surface area contributed by atoms with E-state index < -0.39 is 5.54 Å². The minimum Gasteiger partial charge on any atom is -0.464 e. The molecule has 0 fully saturated rings. The summed E-state index contributed by atoms with van der Waals surface area (Å²) in [5.41, 5.74) is 4.16. The van der Waals surface area contributed by atoms with Gasteiger partial charge in [0, 0.05) is 11.8 Å². The highest BCUT2D eigenvalue weighted by Crippen LogP contribution is 2.45. The fourth-order valence-corrected chi connectivity index (χ4v) is 5.08. The molecule has 0 saturated heterocycles. The van der Waals surface area contributed by atoms with E-state index >= 15 is 0 Å². The maximum absolute atomic E-state index is 6.67. The second kappa shape index (κ2) is 8.32. The maximum atomic E-state index is 6.67. The highest BCUT2D eigenvalue weighted by molar-refractivity contribution is 6.35. The third-order valence-electron chi connectivity index (χ3n) is 6.26. The number of furan rings is 1. The van der Waals surface area contributed by atoms with Gasteiger partial charge in [-0.3, -0.25) is 0 Å². The Morgan fingerprint density at radius 1 is 0.676 bits per heavy atom. The zero-order valence-corrected chi connectivity index (χ0v) is 18.9. The largest absolute Gasteiger partial charge is 0.464 e. The van der Waals surface area contributed by atoms with Gasteiger partial charge in [-0.25, -0.2) is 9.97 Å². The zero-order valence-electron chi connectivity index (χ0n) is 18.2. The molecule has 3 aromatic heterocycles. The van der Waals surface area contributed by atoms with E-state index in [1.807, 2.05) is 30.3 Å². The van der Waals surface area contributed by atoms with Gasteiger partial charge in [0.25, 0.3) is 0 Å². The van der Waals surface area contributed by atoms with Crippen LogP contribution < -0.4 is 0 Å². The first-order chi connectivity index (χ1) is 16.8. The van der Waals surface area contributed by atoms with E-state index in [1.54, 1.807) is 6.26 Å². The Bertz CT molecular complexity index is 1450. The van der Waals surface area contributed by atoms with Crippen LogP contribution in [0.1, 0.15) is 16.7 Å². The Morgan fingerprint density at radius 3 is 1.74 bits per heavy atom. The van der Waals surface area contributed by atoms with Gasteiger partial charge in [-0.05, 0) is 28.8 Å². The van der Waals surface area contributed by atoms with Crippen LogP contribution in [0, 0.1) is 0 Å². The molecule has 164 valence electrons. The fourth-order valence-electron chi connectivity index (χ4n) is 4.85. The topological polar surface area (TPSA) is 43.9 Å². The van der Waals surface area contributed by atoms with Gasteiger partial charge in [-0.15, -0.1) is 0 Å². The van der Waals surface area contributed by atoms with Gasteiger partial charge < -0.3 is 8.98 Å². The van der Waals surface area contributed by atoms with Crippen molar-refractivity contribution in [1.29, 1.82) is 0 Å². The second-order valence-corrected chi connectivity index (χ2v) is 8.42. The van der Waals surface area contributed by atoms with Gasteiger partial charge >= 0.3 is 0 Å². The average Bonchev–Trinajstić information content (AvgIpc) is 3.56. The number of halogens is 1. The van der Waals surface area contributed by atoms with Crippen LogP contribution in [0.2, 0.25) is 5.15 Å². The van der Waals surface area contributed by atoms with Crippen molar-refractivity contribution in [2.45, 2.75) is 5.54 Å². The normalized spacial score (nSPS) is 11.7. The first-order valence-corrected chi connectivity index (χ1v) is 11.4. The summed E-state index contributed by atoms with van der Waals surface area (Å²) >= 11 is 6.67. The lowest BCUT2D eigenvalue weighted by Crippen LogP contribution is -2.37. The van der Waals surface area contributed by atoms with E-state index in [0.29, 0.717) is 10.9 Å². The molecule has 34 heavy (non-hydrogen) atoms. The summed E-state index contributed by atoms with van der Waals surface area (Å²) in [6.07, 6.45) is 5.25. The van der Waals surface area contributed by atoms with E-state index in [-0.39, 0.29) is 0 Å². The lowest BCUT2D eigenvalue weighted by atomic mass is 9.76. The van der Waals surface area contributed by atoms with Gasteiger partial charge in [0.15, 0.2) is 0 Å². The fraction of sp³-hybridized carbons (Fsp3) is 0.0345. The van der Waals surface area contributed by atoms with Gasteiger partial charge in [-0.1, -0.05) is 103 Å². The summed E-state index contributed by atoms with van der Waals surface area (Å²) in [5.74, 6) is 0.712. The molecule has 0 spiro atoms. The minimum atomic E-state index is -0.718. The van der Waals surface area contributed by atoms with Crippen LogP contribution in [0.25, 0.3) is 22.4 Å². The van der Waals surface area contributed by atoms with Crippen LogP contribution in [0.15, 0.2) is 126 Å². The van der Waals surface area contributed by atoms with Crippen molar-refractivity contribution in [3.63, 3.8) is 0 Å². The van der Waals surface area contributed by atoms with E-state index in [1.165, 1.54) is 6.33 Å². The molecule has 6 aromatic rings. The molecule has 0 aliphatic heterocycles. The van der Waals surface area contributed by atoms with Crippen LogP contribution in [0.3, 0.4) is 0 Å². The summed E-state index contributed by atoms with van der Waals surface area (Å²) in [4.78, 5) is 9.03. The number of rotatable bonds is 5. The van der Waals surface area contributed by atoms with Crippen molar-refractivity contribution < 1.29 is 4.42 Å². The minimum absolute atomic E-state index is 0.387. The summed E-state index contributed by atoms with van der Waals surface area (Å²) in [6, 6.07) is 35.2. The number of hydrogen-bond acceptors (Lipinski definition) is 3. The number of benzene rings is 3. The van der Waals surface area contributed by atoms with E-state index in [9.17, 15) is 0 Å². The van der Waals surface area contributed by atoms with Crippen molar-refractivity contribution in [2.24, 2.45) is 0 Å². The zero-order chi connectivity index (χ0) is 23.0. The van der Waals surface area contributed by atoms with E-state index in [0.717, 1.165) is 33.3 Å². The number of nitrogens with zero attached hydrogens (tertiary/aromatic N) is 3. The molecule has 0 unspecified atom stereocenters. The molecule has 0 bridgehead atoms. The van der Waals surface area contributed by atoms with E-state index in [2.05, 4.69) is 88.5 Å². The molecule has 0 aliphatic rings. The van der Waals surface area contributed by atoms with Crippen LogP contribution >= 0.6 is 11.6 Å². The van der Waals surface area contributed by atoms with Crippen molar-refractivity contribution in [2.75, 3.05) is 0 Å².